The van der Waals surface area contributed by atoms with Gasteiger partial charge in [-0.1, -0.05) is 50.1 Å². The van der Waals surface area contributed by atoms with Crippen LogP contribution in [0, 0.1) is 0 Å². The van der Waals surface area contributed by atoms with Crippen molar-refractivity contribution in [3.63, 3.8) is 0 Å². The van der Waals surface area contributed by atoms with Crippen molar-refractivity contribution in [1.29, 1.82) is 0 Å². The summed E-state index contributed by atoms with van der Waals surface area (Å²) >= 11 is 0. The van der Waals surface area contributed by atoms with Crippen LogP contribution in [0.15, 0.2) is 30.3 Å². The van der Waals surface area contributed by atoms with E-state index >= 15 is 0 Å². The lowest BCUT2D eigenvalue weighted by Gasteiger charge is -2.12. The van der Waals surface area contributed by atoms with Gasteiger partial charge in [0.1, 0.15) is 0 Å². The molecule has 1 amide bonds. The Kier molecular flexibility index (Phi) is 7.11. The third-order valence-electron chi connectivity index (χ3n) is 2.86. The van der Waals surface area contributed by atoms with E-state index in [9.17, 15) is 9.90 Å². The van der Waals surface area contributed by atoms with Gasteiger partial charge in [0.15, 0.2) is 0 Å². The first kappa shape index (κ1) is 14.7. The molecular weight excluding hydrogens is 226 g/mol. The van der Waals surface area contributed by atoms with Crippen molar-refractivity contribution in [1.82, 2.24) is 5.32 Å². The maximum atomic E-state index is 11.5. The standard InChI is InChI=1S/C15H23NO2/c1-2-3-5-10-15(18)16-12-14(17)11-13-8-6-4-7-9-13/h4,6-9,14,17H,2-3,5,10-12H2,1H3,(H,16,18). The molecule has 1 aromatic carbocycles. The van der Waals surface area contributed by atoms with Gasteiger partial charge < -0.3 is 10.4 Å². The largest absolute Gasteiger partial charge is 0.391 e. The SMILES string of the molecule is CCCCCC(=O)NCC(O)Cc1ccccc1. The summed E-state index contributed by atoms with van der Waals surface area (Å²) < 4.78 is 0. The fourth-order valence-corrected chi connectivity index (χ4v) is 1.81. The van der Waals surface area contributed by atoms with Crippen LogP contribution < -0.4 is 5.32 Å². The number of amides is 1. The first-order valence-corrected chi connectivity index (χ1v) is 6.71. The molecule has 3 nitrogen and oxygen atoms in total. The first-order chi connectivity index (χ1) is 8.72. The van der Waals surface area contributed by atoms with Crippen molar-refractivity contribution in [3.05, 3.63) is 35.9 Å². The second-order valence-corrected chi connectivity index (χ2v) is 4.60. The van der Waals surface area contributed by atoms with Gasteiger partial charge in [0.25, 0.3) is 0 Å². The second kappa shape index (κ2) is 8.70. The Labute approximate surface area is 109 Å². The predicted octanol–water partition coefficient (Wildman–Crippen LogP) is 2.29. The van der Waals surface area contributed by atoms with Crippen LogP contribution in [0.1, 0.15) is 38.2 Å². The monoisotopic (exact) mass is 249 g/mol. The number of nitrogens with one attached hydrogen (secondary N) is 1. The molecule has 1 rings (SSSR count). The summed E-state index contributed by atoms with van der Waals surface area (Å²) in [5.41, 5.74) is 1.09. The lowest BCUT2D eigenvalue weighted by atomic mass is 10.1. The van der Waals surface area contributed by atoms with Gasteiger partial charge in [0, 0.05) is 19.4 Å². The molecular formula is C15H23NO2. The van der Waals surface area contributed by atoms with Gasteiger partial charge >= 0.3 is 0 Å². The number of unbranched alkanes of at least 4 members (excludes halogenated alkanes) is 2. The molecule has 0 heterocycles. The average Bonchev–Trinajstić information content (AvgIpc) is 2.38. The number of carbonyl (C=O) groups excluding carboxylic acids is 1. The van der Waals surface area contributed by atoms with E-state index < -0.39 is 6.10 Å². The third-order valence-corrected chi connectivity index (χ3v) is 2.86. The number of carbonyl (C=O) groups is 1. The van der Waals surface area contributed by atoms with Crippen molar-refractivity contribution in [2.45, 2.75) is 45.1 Å². The van der Waals surface area contributed by atoms with Crippen LogP contribution in [-0.4, -0.2) is 23.7 Å². The van der Waals surface area contributed by atoms with E-state index in [1.165, 1.54) is 0 Å². The molecule has 0 saturated carbocycles. The summed E-state index contributed by atoms with van der Waals surface area (Å²) in [7, 11) is 0. The van der Waals surface area contributed by atoms with Gasteiger partial charge in [-0.25, -0.2) is 0 Å². The molecule has 100 valence electrons. The minimum atomic E-state index is -0.512. The van der Waals surface area contributed by atoms with E-state index in [1.807, 2.05) is 30.3 Å². The number of rotatable bonds is 8. The normalized spacial score (nSPS) is 12.1. The van der Waals surface area contributed by atoms with Gasteiger partial charge in [0.2, 0.25) is 5.91 Å². The van der Waals surface area contributed by atoms with Crippen molar-refractivity contribution in [2.24, 2.45) is 0 Å². The fourth-order valence-electron chi connectivity index (χ4n) is 1.81. The van der Waals surface area contributed by atoms with Crippen molar-refractivity contribution < 1.29 is 9.90 Å². The lowest BCUT2D eigenvalue weighted by Crippen LogP contribution is -2.33. The lowest BCUT2D eigenvalue weighted by molar-refractivity contribution is -0.121. The van der Waals surface area contributed by atoms with Crippen LogP contribution in [0.4, 0.5) is 0 Å². The number of aliphatic hydroxyl groups excluding tert-OH is 1. The number of hydrogen-bond donors (Lipinski definition) is 2. The molecule has 0 spiro atoms. The highest BCUT2D eigenvalue weighted by atomic mass is 16.3. The Bertz CT molecular complexity index is 338. The first-order valence-electron chi connectivity index (χ1n) is 6.71. The van der Waals surface area contributed by atoms with Crippen LogP contribution in [0.2, 0.25) is 0 Å². The van der Waals surface area contributed by atoms with E-state index in [2.05, 4.69) is 12.2 Å². The maximum absolute atomic E-state index is 11.5. The van der Waals surface area contributed by atoms with Crippen molar-refractivity contribution in [3.8, 4) is 0 Å². The van der Waals surface area contributed by atoms with E-state index in [1.54, 1.807) is 0 Å². The molecule has 0 aromatic heterocycles. The highest BCUT2D eigenvalue weighted by Gasteiger charge is 2.07. The Morgan fingerprint density at radius 2 is 2.00 bits per heavy atom. The Morgan fingerprint density at radius 1 is 1.28 bits per heavy atom. The van der Waals surface area contributed by atoms with Gasteiger partial charge in [-0.05, 0) is 12.0 Å². The molecule has 1 aromatic rings. The zero-order valence-corrected chi connectivity index (χ0v) is 11.1. The molecule has 0 radical (unpaired) electrons. The van der Waals surface area contributed by atoms with Gasteiger partial charge in [-0.2, -0.15) is 0 Å². The molecule has 18 heavy (non-hydrogen) atoms. The predicted molar refractivity (Wildman–Crippen MR) is 73.3 cm³/mol. The van der Waals surface area contributed by atoms with E-state index in [0.717, 1.165) is 24.8 Å². The molecule has 0 aliphatic carbocycles. The molecule has 0 bridgehead atoms. The van der Waals surface area contributed by atoms with Crippen molar-refractivity contribution >= 4 is 5.91 Å². The van der Waals surface area contributed by atoms with Crippen LogP contribution in [0.25, 0.3) is 0 Å². The molecule has 2 N–H and O–H groups in total. The number of aliphatic hydroxyl groups is 1. The Balaban J connectivity index is 2.17. The quantitative estimate of drug-likeness (QED) is 0.694. The van der Waals surface area contributed by atoms with E-state index in [-0.39, 0.29) is 5.91 Å². The summed E-state index contributed by atoms with van der Waals surface area (Å²) in [5.74, 6) is 0.0376. The molecule has 0 aliphatic heterocycles. The maximum Gasteiger partial charge on any atom is 0.220 e. The molecule has 1 atom stereocenters. The summed E-state index contributed by atoms with van der Waals surface area (Å²) in [6.45, 7) is 2.45. The van der Waals surface area contributed by atoms with Crippen molar-refractivity contribution in [2.75, 3.05) is 6.54 Å². The van der Waals surface area contributed by atoms with Crippen LogP contribution in [-0.2, 0) is 11.2 Å². The van der Waals surface area contributed by atoms with Gasteiger partial charge in [-0.3, -0.25) is 4.79 Å². The zero-order chi connectivity index (χ0) is 13.2. The van der Waals surface area contributed by atoms with Gasteiger partial charge in [-0.15, -0.1) is 0 Å². The van der Waals surface area contributed by atoms with Crippen LogP contribution >= 0.6 is 0 Å². The van der Waals surface area contributed by atoms with Gasteiger partial charge in [0.05, 0.1) is 6.10 Å². The second-order valence-electron chi connectivity index (χ2n) is 4.60. The topological polar surface area (TPSA) is 49.3 Å². The van der Waals surface area contributed by atoms with E-state index in [0.29, 0.717) is 19.4 Å². The summed E-state index contributed by atoms with van der Waals surface area (Å²) in [4.78, 5) is 11.5. The Hall–Kier alpha value is -1.35. The number of benzene rings is 1. The molecule has 1 unspecified atom stereocenters. The van der Waals surface area contributed by atoms with Crippen LogP contribution in [0.5, 0.6) is 0 Å². The smallest absolute Gasteiger partial charge is 0.220 e. The highest BCUT2D eigenvalue weighted by molar-refractivity contribution is 5.75. The highest BCUT2D eigenvalue weighted by Crippen LogP contribution is 2.03. The third kappa shape index (κ3) is 6.40. The minimum Gasteiger partial charge on any atom is -0.391 e. The fraction of sp³-hybridized carbons (Fsp3) is 0.533. The zero-order valence-electron chi connectivity index (χ0n) is 11.1. The minimum absolute atomic E-state index is 0.0376. The van der Waals surface area contributed by atoms with Crippen LogP contribution in [0.3, 0.4) is 0 Å². The molecule has 3 heteroatoms. The Morgan fingerprint density at radius 3 is 2.67 bits per heavy atom. The average molecular weight is 249 g/mol. The molecule has 0 fully saturated rings. The van der Waals surface area contributed by atoms with E-state index in [4.69, 9.17) is 0 Å². The summed E-state index contributed by atoms with van der Waals surface area (Å²) in [6, 6.07) is 9.81. The summed E-state index contributed by atoms with van der Waals surface area (Å²) in [6.07, 6.45) is 3.76. The summed E-state index contributed by atoms with van der Waals surface area (Å²) in [5, 5.41) is 12.6. The molecule has 0 saturated heterocycles. The number of hydrogen-bond acceptors (Lipinski definition) is 2. The molecule has 0 aliphatic rings.